The first-order valence-electron chi connectivity index (χ1n) is 9.74. The van der Waals surface area contributed by atoms with Crippen molar-refractivity contribution in [2.24, 2.45) is 5.10 Å². The number of furan rings is 1. The molecular formula is C22H24BrN3O2. The van der Waals surface area contributed by atoms with Gasteiger partial charge < -0.3 is 8.98 Å². The molecule has 0 unspecified atom stereocenters. The van der Waals surface area contributed by atoms with Gasteiger partial charge in [-0.25, -0.2) is 5.43 Å². The lowest BCUT2D eigenvalue weighted by atomic mass is 9.95. The Labute approximate surface area is 172 Å². The van der Waals surface area contributed by atoms with Crippen molar-refractivity contribution in [2.45, 2.75) is 52.0 Å². The molecule has 2 aromatic heterocycles. The van der Waals surface area contributed by atoms with Crippen molar-refractivity contribution in [2.75, 3.05) is 0 Å². The number of aryl methyl sites for hydroxylation is 1. The average molecular weight is 442 g/mol. The quantitative estimate of drug-likeness (QED) is 0.405. The van der Waals surface area contributed by atoms with Gasteiger partial charge in [0, 0.05) is 32.9 Å². The summed E-state index contributed by atoms with van der Waals surface area (Å²) in [5, 5.41) is 5.03. The van der Waals surface area contributed by atoms with E-state index in [9.17, 15) is 4.79 Å². The number of aromatic nitrogens is 1. The Balaban J connectivity index is 1.47. The standard InChI is InChI=1S/C22H24BrN3O2/c1-14-10-17(15(2)26(14)19-6-4-3-5-7-19)13-24-25-22(27)21-12-16-11-18(23)8-9-20(16)28-21/h8-13,19H,3-7H2,1-2H3,(H,25,27)/b24-13-. The smallest absolute Gasteiger partial charge is 0.307 e. The van der Waals surface area contributed by atoms with Crippen LogP contribution in [0, 0.1) is 13.8 Å². The summed E-state index contributed by atoms with van der Waals surface area (Å²) in [6.45, 7) is 4.27. The zero-order chi connectivity index (χ0) is 19.7. The van der Waals surface area contributed by atoms with Gasteiger partial charge in [0.1, 0.15) is 5.58 Å². The van der Waals surface area contributed by atoms with E-state index in [1.54, 1.807) is 12.3 Å². The van der Waals surface area contributed by atoms with Crippen LogP contribution in [0.3, 0.4) is 0 Å². The van der Waals surface area contributed by atoms with Crippen LogP contribution in [-0.2, 0) is 0 Å². The minimum absolute atomic E-state index is 0.248. The number of hydrogen-bond donors (Lipinski definition) is 1. The molecule has 1 amide bonds. The molecule has 1 aromatic carbocycles. The van der Waals surface area contributed by atoms with Crippen molar-refractivity contribution in [3.05, 3.63) is 57.5 Å². The molecule has 0 spiro atoms. The molecule has 1 N–H and O–H groups in total. The lowest BCUT2D eigenvalue weighted by Gasteiger charge is -2.26. The van der Waals surface area contributed by atoms with Gasteiger partial charge in [-0.15, -0.1) is 0 Å². The van der Waals surface area contributed by atoms with Crippen molar-refractivity contribution < 1.29 is 9.21 Å². The molecule has 0 saturated heterocycles. The number of halogens is 1. The number of rotatable bonds is 4. The van der Waals surface area contributed by atoms with Gasteiger partial charge in [-0.05, 0) is 57.0 Å². The number of hydrogen-bond acceptors (Lipinski definition) is 3. The molecule has 0 bridgehead atoms. The van der Waals surface area contributed by atoms with E-state index < -0.39 is 0 Å². The van der Waals surface area contributed by atoms with Crippen molar-refractivity contribution >= 4 is 39.0 Å². The van der Waals surface area contributed by atoms with Crippen molar-refractivity contribution in [1.82, 2.24) is 9.99 Å². The third-order valence-corrected chi connectivity index (χ3v) is 6.03. The topological polar surface area (TPSA) is 59.5 Å². The van der Waals surface area contributed by atoms with Gasteiger partial charge in [-0.1, -0.05) is 35.2 Å². The van der Waals surface area contributed by atoms with E-state index in [0.717, 1.165) is 15.4 Å². The Bertz CT molecular complexity index is 1040. The van der Waals surface area contributed by atoms with Gasteiger partial charge in [-0.2, -0.15) is 5.10 Å². The summed E-state index contributed by atoms with van der Waals surface area (Å²) in [6.07, 6.45) is 8.15. The lowest BCUT2D eigenvalue weighted by Crippen LogP contribution is -2.17. The highest BCUT2D eigenvalue weighted by atomic mass is 79.9. The Morgan fingerprint density at radius 3 is 2.79 bits per heavy atom. The number of nitrogens with zero attached hydrogens (tertiary/aromatic N) is 2. The maximum Gasteiger partial charge on any atom is 0.307 e. The Kier molecular flexibility index (Phi) is 5.40. The molecule has 2 heterocycles. The number of benzene rings is 1. The summed E-state index contributed by atoms with van der Waals surface area (Å²) < 4.78 is 8.98. The van der Waals surface area contributed by atoms with Crippen LogP contribution in [-0.4, -0.2) is 16.7 Å². The zero-order valence-electron chi connectivity index (χ0n) is 16.2. The van der Waals surface area contributed by atoms with E-state index in [2.05, 4.69) is 50.9 Å². The molecule has 1 fully saturated rings. The van der Waals surface area contributed by atoms with Crippen LogP contribution in [0.1, 0.15) is 65.7 Å². The molecule has 146 valence electrons. The van der Waals surface area contributed by atoms with Crippen molar-refractivity contribution in [1.29, 1.82) is 0 Å². The normalized spacial score (nSPS) is 15.5. The predicted molar refractivity (Wildman–Crippen MR) is 115 cm³/mol. The van der Waals surface area contributed by atoms with E-state index >= 15 is 0 Å². The Hall–Kier alpha value is -2.34. The van der Waals surface area contributed by atoms with Crippen LogP contribution in [0.15, 0.2) is 44.3 Å². The molecule has 5 nitrogen and oxygen atoms in total. The van der Waals surface area contributed by atoms with E-state index in [0.29, 0.717) is 11.6 Å². The van der Waals surface area contributed by atoms with Crippen LogP contribution < -0.4 is 5.43 Å². The second-order valence-corrected chi connectivity index (χ2v) is 8.40. The molecule has 0 aliphatic heterocycles. The first-order chi connectivity index (χ1) is 13.5. The summed E-state index contributed by atoms with van der Waals surface area (Å²) >= 11 is 3.42. The second-order valence-electron chi connectivity index (χ2n) is 7.48. The first kappa shape index (κ1) is 19.0. The minimum Gasteiger partial charge on any atom is -0.451 e. The average Bonchev–Trinajstić information content (AvgIpc) is 3.22. The predicted octanol–water partition coefficient (Wildman–Crippen LogP) is 5.88. The molecule has 28 heavy (non-hydrogen) atoms. The van der Waals surface area contributed by atoms with E-state index in [4.69, 9.17) is 4.42 Å². The molecule has 1 aliphatic carbocycles. The summed E-state index contributed by atoms with van der Waals surface area (Å²) in [6, 6.07) is 10.1. The highest BCUT2D eigenvalue weighted by Gasteiger charge is 2.19. The second kappa shape index (κ2) is 7.95. The molecule has 4 rings (SSSR count). The fraction of sp³-hybridized carbons (Fsp3) is 0.364. The van der Waals surface area contributed by atoms with Gasteiger partial charge in [0.05, 0.1) is 6.21 Å². The van der Waals surface area contributed by atoms with Crippen LogP contribution in [0.4, 0.5) is 0 Å². The summed E-state index contributed by atoms with van der Waals surface area (Å²) in [5.41, 5.74) is 6.74. The van der Waals surface area contributed by atoms with Gasteiger partial charge in [0.15, 0.2) is 5.76 Å². The van der Waals surface area contributed by atoms with E-state index in [-0.39, 0.29) is 11.7 Å². The third kappa shape index (κ3) is 3.78. The monoisotopic (exact) mass is 441 g/mol. The number of amides is 1. The third-order valence-electron chi connectivity index (χ3n) is 5.54. The minimum atomic E-state index is -0.357. The van der Waals surface area contributed by atoms with Crippen molar-refractivity contribution in [3.63, 3.8) is 0 Å². The number of carbonyl (C=O) groups is 1. The highest BCUT2D eigenvalue weighted by molar-refractivity contribution is 9.10. The molecule has 1 saturated carbocycles. The van der Waals surface area contributed by atoms with Gasteiger partial charge >= 0.3 is 5.91 Å². The molecule has 6 heteroatoms. The maximum absolute atomic E-state index is 12.4. The fourth-order valence-electron chi connectivity index (χ4n) is 4.18. The number of nitrogens with one attached hydrogen (secondary N) is 1. The largest absolute Gasteiger partial charge is 0.451 e. The van der Waals surface area contributed by atoms with Crippen LogP contribution in [0.2, 0.25) is 0 Å². The van der Waals surface area contributed by atoms with Crippen LogP contribution in [0.5, 0.6) is 0 Å². The molecular weight excluding hydrogens is 418 g/mol. The zero-order valence-corrected chi connectivity index (χ0v) is 17.8. The number of fused-ring (bicyclic) bond motifs is 1. The molecule has 0 atom stereocenters. The van der Waals surface area contributed by atoms with Crippen LogP contribution >= 0.6 is 15.9 Å². The van der Waals surface area contributed by atoms with Gasteiger partial charge in [0.2, 0.25) is 0 Å². The lowest BCUT2D eigenvalue weighted by molar-refractivity contribution is 0.0929. The molecule has 0 radical (unpaired) electrons. The van der Waals surface area contributed by atoms with Crippen LogP contribution in [0.25, 0.3) is 11.0 Å². The maximum atomic E-state index is 12.4. The summed E-state index contributed by atoms with van der Waals surface area (Å²) in [4.78, 5) is 12.4. The summed E-state index contributed by atoms with van der Waals surface area (Å²) in [5.74, 6) is -0.109. The van der Waals surface area contributed by atoms with Gasteiger partial charge in [-0.3, -0.25) is 4.79 Å². The van der Waals surface area contributed by atoms with E-state index in [1.165, 1.54) is 43.5 Å². The highest BCUT2D eigenvalue weighted by Crippen LogP contribution is 2.31. The number of carbonyl (C=O) groups excluding carboxylic acids is 1. The Morgan fingerprint density at radius 1 is 1.21 bits per heavy atom. The molecule has 1 aliphatic rings. The Morgan fingerprint density at radius 2 is 2.00 bits per heavy atom. The van der Waals surface area contributed by atoms with Gasteiger partial charge in [0.25, 0.3) is 0 Å². The van der Waals surface area contributed by atoms with Crippen molar-refractivity contribution in [3.8, 4) is 0 Å². The number of hydrazone groups is 1. The fourth-order valence-corrected chi connectivity index (χ4v) is 4.55. The van der Waals surface area contributed by atoms with E-state index in [1.807, 2.05) is 18.2 Å². The summed E-state index contributed by atoms with van der Waals surface area (Å²) in [7, 11) is 0. The first-order valence-corrected chi connectivity index (χ1v) is 10.5. The SMILES string of the molecule is Cc1cc(/C=N\NC(=O)c2cc3cc(Br)ccc3o2)c(C)n1C1CCCCC1. The molecule has 3 aromatic rings.